The van der Waals surface area contributed by atoms with Crippen LogP contribution in [0.4, 0.5) is 24.5 Å². The van der Waals surface area contributed by atoms with E-state index in [0.717, 1.165) is 48.6 Å². The Morgan fingerprint density at radius 3 is 2.60 bits per heavy atom. The highest BCUT2D eigenvalue weighted by molar-refractivity contribution is 6.31. The molecule has 1 aromatic carbocycles. The zero-order valence-electron chi connectivity index (χ0n) is 13.2. The smallest absolute Gasteiger partial charge is 0.370 e. The molecule has 0 aliphatic carbocycles. The number of alkyl halides is 3. The number of aromatic nitrogens is 2. The third-order valence-electron chi connectivity index (χ3n) is 3.92. The number of amides is 1. The first-order chi connectivity index (χ1) is 11.8. The molecule has 9 heteroatoms. The summed E-state index contributed by atoms with van der Waals surface area (Å²) < 4.78 is 38.6. The molecule has 0 spiro atoms. The molecule has 0 atom stereocenters. The first-order valence-corrected chi connectivity index (χ1v) is 8.16. The Morgan fingerprint density at radius 1 is 1.24 bits per heavy atom. The molecule has 2 heterocycles. The van der Waals surface area contributed by atoms with Crippen molar-refractivity contribution in [2.24, 2.45) is 0 Å². The Kier molecular flexibility index (Phi) is 4.89. The van der Waals surface area contributed by atoms with Crippen LogP contribution in [0.3, 0.4) is 0 Å². The maximum atomic E-state index is 12.6. The van der Waals surface area contributed by atoms with Crippen LogP contribution in [0.5, 0.6) is 0 Å². The zero-order valence-corrected chi connectivity index (χ0v) is 13.9. The van der Waals surface area contributed by atoms with Gasteiger partial charge in [-0.3, -0.25) is 9.48 Å². The van der Waals surface area contributed by atoms with Gasteiger partial charge in [-0.05, 0) is 37.1 Å². The number of carbonyl (C=O) groups excluding carboxylic acids is 1. The van der Waals surface area contributed by atoms with E-state index in [1.165, 1.54) is 0 Å². The second kappa shape index (κ2) is 6.95. The quantitative estimate of drug-likeness (QED) is 0.888. The van der Waals surface area contributed by atoms with E-state index in [2.05, 4.69) is 15.3 Å². The molecule has 25 heavy (non-hydrogen) atoms. The minimum atomic E-state index is -4.53. The van der Waals surface area contributed by atoms with E-state index in [-0.39, 0.29) is 6.54 Å². The van der Waals surface area contributed by atoms with Crippen molar-refractivity contribution < 1.29 is 18.0 Å². The molecular formula is C16H16ClF3N4O. The second-order valence-electron chi connectivity index (χ2n) is 5.80. The van der Waals surface area contributed by atoms with Gasteiger partial charge in [-0.25, -0.2) is 0 Å². The molecule has 1 aliphatic heterocycles. The highest BCUT2D eigenvalue weighted by Crippen LogP contribution is 2.31. The average Bonchev–Trinajstić information content (AvgIpc) is 3.18. The van der Waals surface area contributed by atoms with Gasteiger partial charge in [0, 0.05) is 24.3 Å². The van der Waals surface area contributed by atoms with Crippen molar-refractivity contribution in [2.45, 2.75) is 25.6 Å². The van der Waals surface area contributed by atoms with Gasteiger partial charge in [0.2, 0.25) is 5.91 Å². The monoisotopic (exact) mass is 372 g/mol. The van der Waals surface area contributed by atoms with Gasteiger partial charge >= 0.3 is 6.18 Å². The number of nitrogens with one attached hydrogen (secondary N) is 1. The average molecular weight is 373 g/mol. The Morgan fingerprint density at radius 2 is 1.96 bits per heavy atom. The maximum absolute atomic E-state index is 12.6. The lowest BCUT2D eigenvalue weighted by atomic mass is 10.2. The summed E-state index contributed by atoms with van der Waals surface area (Å²) in [5.74, 6) is -0.473. The van der Waals surface area contributed by atoms with Crippen LogP contribution in [0.25, 0.3) is 0 Å². The molecule has 1 saturated heterocycles. The van der Waals surface area contributed by atoms with Crippen molar-refractivity contribution >= 4 is 28.9 Å². The van der Waals surface area contributed by atoms with Crippen LogP contribution < -0.4 is 10.2 Å². The van der Waals surface area contributed by atoms with Crippen molar-refractivity contribution in [3.05, 3.63) is 41.2 Å². The van der Waals surface area contributed by atoms with Crippen molar-refractivity contribution in [2.75, 3.05) is 23.3 Å². The van der Waals surface area contributed by atoms with Gasteiger partial charge in [-0.1, -0.05) is 11.6 Å². The Bertz CT molecular complexity index is 769. The fourth-order valence-corrected chi connectivity index (χ4v) is 2.95. The number of anilines is 2. The van der Waals surface area contributed by atoms with E-state index in [0.29, 0.717) is 10.7 Å². The minimum absolute atomic E-state index is 0.317. The van der Waals surface area contributed by atoms with Gasteiger partial charge < -0.3 is 10.2 Å². The van der Waals surface area contributed by atoms with Crippen molar-refractivity contribution in [1.29, 1.82) is 0 Å². The number of nitrogens with zero attached hydrogens (tertiary/aromatic N) is 3. The Hall–Kier alpha value is -2.22. The lowest BCUT2D eigenvalue weighted by Crippen LogP contribution is -2.23. The molecule has 0 unspecified atom stereocenters. The summed E-state index contributed by atoms with van der Waals surface area (Å²) in [5.41, 5.74) is 0.370. The molecule has 0 bridgehead atoms. The van der Waals surface area contributed by atoms with E-state index in [1.54, 1.807) is 12.1 Å². The van der Waals surface area contributed by atoms with Crippen molar-refractivity contribution in [3.63, 3.8) is 0 Å². The fourth-order valence-electron chi connectivity index (χ4n) is 2.78. The first kappa shape index (κ1) is 17.6. The molecule has 3 rings (SSSR count). The summed E-state index contributed by atoms with van der Waals surface area (Å²) in [6.07, 6.45) is -1.26. The summed E-state index contributed by atoms with van der Waals surface area (Å²) >= 11 is 6.01. The van der Waals surface area contributed by atoms with Gasteiger partial charge in [0.25, 0.3) is 0 Å². The molecule has 1 fully saturated rings. The topological polar surface area (TPSA) is 50.2 Å². The Balaban J connectivity index is 1.72. The summed E-state index contributed by atoms with van der Waals surface area (Å²) in [6.45, 7) is 1.46. The van der Waals surface area contributed by atoms with Gasteiger partial charge in [-0.15, -0.1) is 0 Å². The Labute approximate surface area is 147 Å². The van der Waals surface area contributed by atoms with E-state index < -0.39 is 17.8 Å². The molecule has 0 radical (unpaired) electrons. The lowest BCUT2D eigenvalue weighted by Gasteiger charge is -2.21. The third-order valence-corrected chi connectivity index (χ3v) is 4.15. The predicted molar refractivity (Wildman–Crippen MR) is 88.8 cm³/mol. The maximum Gasteiger partial charge on any atom is 0.435 e. The van der Waals surface area contributed by atoms with Crippen LogP contribution >= 0.6 is 11.6 Å². The standard InChI is InChI=1S/C16H16ClF3N4O/c17-11-3-4-13(23-6-1-2-7-23)12(9-11)21-15(25)10-24-8-5-14(22-24)16(18,19)20/h3-5,8-9H,1-2,6-7,10H2,(H,21,25). The van der Waals surface area contributed by atoms with Crippen LogP contribution in [-0.4, -0.2) is 28.8 Å². The van der Waals surface area contributed by atoms with E-state index in [1.807, 2.05) is 6.07 Å². The molecular weight excluding hydrogens is 357 g/mol. The summed E-state index contributed by atoms with van der Waals surface area (Å²) in [6, 6.07) is 6.05. The van der Waals surface area contributed by atoms with Crippen LogP contribution in [0.15, 0.2) is 30.5 Å². The van der Waals surface area contributed by atoms with Crippen molar-refractivity contribution in [1.82, 2.24) is 9.78 Å². The van der Waals surface area contributed by atoms with E-state index in [4.69, 9.17) is 11.6 Å². The van der Waals surface area contributed by atoms with Crippen LogP contribution in [0.1, 0.15) is 18.5 Å². The number of halogens is 4. The molecule has 1 aliphatic rings. The largest absolute Gasteiger partial charge is 0.435 e. The molecule has 5 nitrogen and oxygen atoms in total. The molecule has 0 saturated carbocycles. The highest BCUT2D eigenvalue weighted by atomic mass is 35.5. The first-order valence-electron chi connectivity index (χ1n) is 7.78. The lowest BCUT2D eigenvalue weighted by molar-refractivity contribution is -0.141. The van der Waals surface area contributed by atoms with E-state index >= 15 is 0 Å². The van der Waals surface area contributed by atoms with Gasteiger partial charge in [0.15, 0.2) is 5.69 Å². The fraction of sp³-hybridized carbons (Fsp3) is 0.375. The van der Waals surface area contributed by atoms with E-state index in [9.17, 15) is 18.0 Å². The van der Waals surface area contributed by atoms with Crippen LogP contribution in [-0.2, 0) is 17.5 Å². The molecule has 1 amide bonds. The van der Waals surface area contributed by atoms with Gasteiger partial charge in [-0.2, -0.15) is 18.3 Å². The summed E-state index contributed by atoms with van der Waals surface area (Å²) in [5, 5.41) is 6.56. The normalized spacial score (nSPS) is 14.8. The molecule has 1 aromatic heterocycles. The minimum Gasteiger partial charge on any atom is -0.370 e. The van der Waals surface area contributed by atoms with Crippen LogP contribution in [0.2, 0.25) is 5.02 Å². The zero-order chi connectivity index (χ0) is 18.0. The summed E-state index contributed by atoms with van der Waals surface area (Å²) in [7, 11) is 0. The predicted octanol–water partition coefficient (Wildman–Crippen LogP) is 3.79. The SMILES string of the molecule is O=C(Cn1ccc(C(F)(F)F)n1)Nc1cc(Cl)ccc1N1CCCC1. The van der Waals surface area contributed by atoms with Gasteiger partial charge in [0.1, 0.15) is 6.54 Å². The van der Waals surface area contributed by atoms with Gasteiger partial charge in [0.05, 0.1) is 11.4 Å². The molecule has 1 N–H and O–H groups in total. The number of carbonyl (C=O) groups is 1. The summed E-state index contributed by atoms with van der Waals surface area (Å²) in [4.78, 5) is 14.3. The molecule has 2 aromatic rings. The highest BCUT2D eigenvalue weighted by Gasteiger charge is 2.33. The van der Waals surface area contributed by atoms with Crippen LogP contribution in [0, 0.1) is 0 Å². The third kappa shape index (κ3) is 4.25. The number of rotatable bonds is 4. The number of hydrogen-bond acceptors (Lipinski definition) is 3. The number of hydrogen-bond donors (Lipinski definition) is 1. The second-order valence-corrected chi connectivity index (χ2v) is 6.24. The van der Waals surface area contributed by atoms with Crippen molar-refractivity contribution in [3.8, 4) is 0 Å². The molecule has 134 valence electrons. The number of benzene rings is 1.